The van der Waals surface area contributed by atoms with E-state index in [-0.39, 0.29) is 11.9 Å². The van der Waals surface area contributed by atoms with Crippen molar-refractivity contribution in [3.63, 3.8) is 0 Å². The van der Waals surface area contributed by atoms with Gasteiger partial charge < -0.3 is 15.2 Å². The zero-order chi connectivity index (χ0) is 17.1. The molecule has 124 valence electrons. The van der Waals surface area contributed by atoms with Crippen LogP contribution in [-0.4, -0.2) is 32.1 Å². The Balaban J connectivity index is 1.96. The number of hydrogen-bond donors (Lipinski definition) is 1. The zero-order valence-electron chi connectivity index (χ0n) is 13.8. The monoisotopic (exact) mass is 325 g/mol. The fourth-order valence-electron chi connectivity index (χ4n) is 2.10. The van der Waals surface area contributed by atoms with Crippen molar-refractivity contribution in [2.75, 3.05) is 17.7 Å². The first-order chi connectivity index (χ1) is 11.6. The SMILES string of the molecule is CCC(C)c1nc(-c2nc(N)nc(N(C)c3ccccc3)n2)no1. The van der Waals surface area contributed by atoms with E-state index in [9.17, 15) is 0 Å². The number of benzene rings is 1. The van der Waals surface area contributed by atoms with Crippen LogP contribution in [0.2, 0.25) is 0 Å². The molecular weight excluding hydrogens is 306 g/mol. The van der Waals surface area contributed by atoms with Gasteiger partial charge in [-0.15, -0.1) is 0 Å². The molecule has 0 radical (unpaired) electrons. The second-order valence-electron chi connectivity index (χ2n) is 5.48. The molecule has 1 unspecified atom stereocenters. The highest BCUT2D eigenvalue weighted by Gasteiger charge is 2.18. The van der Waals surface area contributed by atoms with Gasteiger partial charge in [0.15, 0.2) is 0 Å². The van der Waals surface area contributed by atoms with Crippen molar-refractivity contribution in [3.8, 4) is 11.6 Å². The van der Waals surface area contributed by atoms with Crippen molar-refractivity contribution in [1.82, 2.24) is 25.1 Å². The molecule has 0 amide bonds. The van der Waals surface area contributed by atoms with E-state index in [0.29, 0.717) is 23.5 Å². The summed E-state index contributed by atoms with van der Waals surface area (Å²) in [6.45, 7) is 4.08. The average molecular weight is 325 g/mol. The van der Waals surface area contributed by atoms with E-state index < -0.39 is 0 Å². The van der Waals surface area contributed by atoms with Crippen LogP contribution in [0.3, 0.4) is 0 Å². The van der Waals surface area contributed by atoms with Crippen LogP contribution in [0.5, 0.6) is 0 Å². The van der Waals surface area contributed by atoms with Gasteiger partial charge in [-0.2, -0.15) is 19.9 Å². The Labute approximate surface area is 139 Å². The first-order valence-corrected chi connectivity index (χ1v) is 7.72. The largest absolute Gasteiger partial charge is 0.368 e. The van der Waals surface area contributed by atoms with Crippen molar-refractivity contribution in [1.29, 1.82) is 0 Å². The van der Waals surface area contributed by atoms with Gasteiger partial charge in [-0.3, -0.25) is 0 Å². The number of aromatic nitrogens is 5. The maximum Gasteiger partial charge on any atom is 0.240 e. The maximum absolute atomic E-state index is 5.83. The molecule has 0 aliphatic rings. The quantitative estimate of drug-likeness (QED) is 0.763. The third kappa shape index (κ3) is 3.17. The number of rotatable bonds is 5. The molecule has 0 saturated carbocycles. The first kappa shape index (κ1) is 15.9. The van der Waals surface area contributed by atoms with E-state index in [4.69, 9.17) is 10.3 Å². The van der Waals surface area contributed by atoms with Crippen LogP contribution in [0.15, 0.2) is 34.9 Å². The highest BCUT2D eigenvalue weighted by atomic mass is 16.5. The minimum absolute atomic E-state index is 0.104. The molecule has 0 spiro atoms. The molecule has 2 N–H and O–H groups in total. The Morgan fingerprint density at radius 1 is 1.08 bits per heavy atom. The number of para-hydroxylation sites is 1. The van der Waals surface area contributed by atoms with Crippen LogP contribution in [0.4, 0.5) is 17.6 Å². The molecule has 2 aromatic heterocycles. The average Bonchev–Trinajstić information content (AvgIpc) is 3.11. The molecule has 3 aromatic rings. The van der Waals surface area contributed by atoms with Gasteiger partial charge in [0.25, 0.3) is 0 Å². The molecule has 1 aromatic carbocycles. The standard InChI is InChI=1S/C16H19N7O/c1-4-10(2)14-18-13(22-24-14)12-19-15(17)21-16(20-12)23(3)11-8-6-5-7-9-11/h5-10H,4H2,1-3H3,(H2,17,19,20,21). The molecule has 24 heavy (non-hydrogen) atoms. The second kappa shape index (κ2) is 6.61. The lowest BCUT2D eigenvalue weighted by atomic mass is 10.1. The Hall–Kier alpha value is -3.03. The first-order valence-electron chi connectivity index (χ1n) is 7.72. The van der Waals surface area contributed by atoms with Crippen molar-refractivity contribution < 1.29 is 4.52 Å². The normalized spacial score (nSPS) is 12.1. The van der Waals surface area contributed by atoms with Crippen molar-refractivity contribution in [2.45, 2.75) is 26.2 Å². The third-order valence-corrected chi connectivity index (χ3v) is 3.76. The summed E-state index contributed by atoms with van der Waals surface area (Å²) in [6, 6.07) is 9.73. The number of nitrogens with two attached hydrogens (primary N) is 1. The predicted molar refractivity (Wildman–Crippen MR) is 90.7 cm³/mol. The molecule has 0 bridgehead atoms. The van der Waals surface area contributed by atoms with Crippen LogP contribution in [0, 0.1) is 0 Å². The maximum atomic E-state index is 5.83. The van der Waals surface area contributed by atoms with Crippen LogP contribution >= 0.6 is 0 Å². The fraction of sp³-hybridized carbons (Fsp3) is 0.312. The Morgan fingerprint density at radius 2 is 1.83 bits per heavy atom. The van der Waals surface area contributed by atoms with Crippen molar-refractivity contribution in [3.05, 3.63) is 36.2 Å². The van der Waals surface area contributed by atoms with Gasteiger partial charge in [0.1, 0.15) is 0 Å². The van der Waals surface area contributed by atoms with Gasteiger partial charge in [-0.05, 0) is 18.6 Å². The van der Waals surface area contributed by atoms with Crippen LogP contribution in [-0.2, 0) is 0 Å². The van der Waals surface area contributed by atoms with E-state index in [1.54, 1.807) is 0 Å². The summed E-state index contributed by atoms with van der Waals surface area (Å²) in [6.07, 6.45) is 0.906. The molecule has 0 aliphatic heterocycles. The van der Waals surface area contributed by atoms with Gasteiger partial charge in [-0.1, -0.05) is 37.2 Å². The molecule has 3 rings (SSSR count). The van der Waals surface area contributed by atoms with Crippen molar-refractivity contribution >= 4 is 17.6 Å². The molecule has 2 heterocycles. The van der Waals surface area contributed by atoms with Gasteiger partial charge in [-0.25, -0.2) is 0 Å². The molecule has 8 nitrogen and oxygen atoms in total. The Morgan fingerprint density at radius 3 is 2.54 bits per heavy atom. The molecule has 8 heteroatoms. The van der Waals surface area contributed by atoms with E-state index in [2.05, 4.69) is 32.0 Å². The Kier molecular flexibility index (Phi) is 4.37. The van der Waals surface area contributed by atoms with E-state index >= 15 is 0 Å². The summed E-state index contributed by atoms with van der Waals surface area (Å²) >= 11 is 0. The summed E-state index contributed by atoms with van der Waals surface area (Å²) in [5.74, 6) is 1.85. The van der Waals surface area contributed by atoms with Gasteiger partial charge in [0, 0.05) is 18.7 Å². The summed E-state index contributed by atoms with van der Waals surface area (Å²) in [7, 11) is 1.86. The van der Waals surface area contributed by atoms with E-state index in [0.717, 1.165) is 12.1 Å². The van der Waals surface area contributed by atoms with E-state index in [1.807, 2.05) is 49.2 Å². The minimum Gasteiger partial charge on any atom is -0.368 e. The van der Waals surface area contributed by atoms with Crippen LogP contribution in [0.1, 0.15) is 32.1 Å². The molecule has 0 aliphatic carbocycles. The fourth-order valence-corrected chi connectivity index (χ4v) is 2.10. The lowest BCUT2D eigenvalue weighted by Gasteiger charge is -2.17. The number of hydrogen-bond acceptors (Lipinski definition) is 8. The molecule has 0 saturated heterocycles. The second-order valence-corrected chi connectivity index (χ2v) is 5.48. The van der Waals surface area contributed by atoms with Gasteiger partial charge >= 0.3 is 0 Å². The molecule has 1 atom stereocenters. The van der Waals surface area contributed by atoms with Crippen molar-refractivity contribution in [2.24, 2.45) is 0 Å². The highest BCUT2D eigenvalue weighted by Crippen LogP contribution is 2.23. The smallest absolute Gasteiger partial charge is 0.240 e. The predicted octanol–water partition coefficient (Wildman–Crippen LogP) is 2.79. The summed E-state index contributed by atoms with van der Waals surface area (Å²) < 4.78 is 5.28. The lowest BCUT2D eigenvalue weighted by Crippen LogP contribution is -2.15. The van der Waals surface area contributed by atoms with Gasteiger partial charge in [0.05, 0.1) is 0 Å². The summed E-state index contributed by atoms with van der Waals surface area (Å²) in [5.41, 5.74) is 6.76. The molecule has 0 fully saturated rings. The Bertz CT molecular complexity index is 818. The summed E-state index contributed by atoms with van der Waals surface area (Å²) in [4.78, 5) is 18.9. The number of nitrogen functional groups attached to an aromatic ring is 1. The highest BCUT2D eigenvalue weighted by molar-refractivity contribution is 5.58. The minimum atomic E-state index is 0.104. The molecular formula is C16H19N7O. The summed E-state index contributed by atoms with van der Waals surface area (Å²) in [5, 5.41) is 3.96. The lowest BCUT2D eigenvalue weighted by molar-refractivity contribution is 0.357. The third-order valence-electron chi connectivity index (χ3n) is 3.76. The van der Waals surface area contributed by atoms with Crippen LogP contribution < -0.4 is 10.6 Å². The van der Waals surface area contributed by atoms with Gasteiger partial charge in [0.2, 0.25) is 29.4 Å². The van der Waals surface area contributed by atoms with E-state index in [1.165, 1.54) is 0 Å². The number of nitrogens with zero attached hydrogens (tertiary/aromatic N) is 6. The number of anilines is 3. The zero-order valence-corrected chi connectivity index (χ0v) is 13.8. The van der Waals surface area contributed by atoms with Crippen LogP contribution in [0.25, 0.3) is 11.6 Å². The topological polar surface area (TPSA) is 107 Å².